The SMILES string of the molecule is Cc1ccc([C@H](C)NC(=O)COC(=O)c2ccc(C)c(C)c2)cc1. The molecular formula is C20H23NO3. The van der Waals surface area contributed by atoms with E-state index in [1.165, 1.54) is 5.56 Å². The maximum Gasteiger partial charge on any atom is 0.338 e. The summed E-state index contributed by atoms with van der Waals surface area (Å²) in [7, 11) is 0. The number of hydrogen-bond donors (Lipinski definition) is 1. The molecule has 0 aliphatic heterocycles. The van der Waals surface area contributed by atoms with Crippen molar-refractivity contribution in [1.82, 2.24) is 5.32 Å². The first-order valence-electron chi connectivity index (χ1n) is 7.97. The molecule has 4 nitrogen and oxygen atoms in total. The van der Waals surface area contributed by atoms with Gasteiger partial charge in [0.05, 0.1) is 11.6 Å². The Bertz CT molecular complexity index is 735. The molecule has 1 atom stereocenters. The van der Waals surface area contributed by atoms with Gasteiger partial charge in [0.2, 0.25) is 0 Å². The number of amides is 1. The lowest BCUT2D eigenvalue weighted by atomic mass is 10.1. The average Bonchev–Trinajstić information content (AvgIpc) is 2.55. The molecule has 0 saturated carbocycles. The lowest BCUT2D eigenvalue weighted by molar-refractivity contribution is -0.124. The predicted octanol–water partition coefficient (Wildman–Crippen LogP) is 3.65. The molecule has 2 aromatic rings. The van der Waals surface area contributed by atoms with Crippen molar-refractivity contribution in [2.24, 2.45) is 0 Å². The number of carbonyl (C=O) groups is 2. The third-order valence-electron chi connectivity index (χ3n) is 4.03. The van der Waals surface area contributed by atoms with Gasteiger partial charge < -0.3 is 10.1 Å². The van der Waals surface area contributed by atoms with Crippen LogP contribution in [-0.2, 0) is 9.53 Å². The second-order valence-corrected chi connectivity index (χ2v) is 6.08. The van der Waals surface area contributed by atoms with Crippen LogP contribution >= 0.6 is 0 Å². The van der Waals surface area contributed by atoms with Crippen molar-refractivity contribution in [2.75, 3.05) is 6.61 Å². The van der Waals surface area contributed by atoms with E-state index in [1.807, 2.05) is 58.0 Å². The van der Waals surface area contributed by atoms with Crippen molar-refractivity contribution in [2.45, 2.75) is 33.7 Å². The van der Waals surface area contributed by atoms with Crippen LogP contribution in [0, 0.1) is 20.8 Å². The molecule has 0 aliphatic rings. The summed E-state index contributed by atoms with van der Waals surface area (Å²) in [5.74, 6) is -0.809. The highest BCUT2D eigenvalue weighted by Gasteiger charge is 2.13. The zero-order valence-corrected chi connectivity index (χ0v) is 14.6. The van der Waals surface area contributed by atoms with Gasteiger partial charge in [-0.25, -0.2) is 4.79 Å². The summed E-state index contributed by atoms with van der Waals surface area (Å²) in [5.41, 5.74) is 4.75. The minimum absolute atomic E-state index is 0.140. The van der Waals surface area contributed by atoms with Crippen LogP contribution in [0.15, 0.2) is 42.5 Å². The first kappa shape index (κ1) is 17.7. The quantitative estimate of drug-likeness (QED) is 0.854. The summed E-state index contributed by atoms with van der Waals surface area (Å²) in [6, 6.07) is 13.1. The van der Waals surface area contributed by atoms with Gasteiger partial charge in [0.25, 0.3) is 5.91 Å². The Morgan fingerprint density at radius 3 is 2.29 bits per heavy atom. The van der Waals surface area contributed by atoms with Gasteiger partial charge in [-0.05, 0) is 56.5 Å². The van der Waals surface area contributed by atoms with Crippen molar-refractivity contribution in [3.05, 3.63) is 70.3 Å². The van der Waals surface area contributed by atoms with Crippen LogP contribution in [0.5, 0.6) is 0 Å². The van der Waals surface area contributed by atoms with Crippen molar-refractivity contribution < 1.29 is 14.3 Å². The molecule has 24 heavy (non-hydrogen) atoms. The highest BCUT2D eigenvalue weighted by molar-refractivity contribution is 5.91. The topological polar surface area (TPSA) is 55.4 Å². The highest BCUT2D eigenvalue weighted by Crippen LogP contribution is 2.13. The van der Waals surface area contributed by atoms with Crippen LogP contribution < -0.4 is 5.32 Å². The Morgan fingerprint density at radius 1 is 1.00 bits per heavy atom. The molecule has 0 radical (unpaired) electrons. The number of carbonyl (C=O) groups excluding carboxylic acids is 2. The molecule has 1 amide bonds. The Morgan fingerprint density at radius 2 is 1.67 bits per heavy atom. The standard InChI is InChI=1S/C20H23NO3/c1-13-5-8-17(9-6-13)16(4)21-19(22)12-24-20(23)18-10-7-14(2)15(3)11-18/h5-11,16H,12H2,1-4H3,(H,21,22)/t16-/m0/s1. The van der Waals surface area contributed by atoms with Crippen LogP contribution in [0.3, 0.4) is 0 Å². The molecule has 2 rings (SSSR count). The Balaban J connectivity index is 1.87. The molecule has 126 valence electrons. The minimum atomic E-state index is -0.490. The minimum Gasteiger partial charge on any atom is -0.452 e. The number of benzene rings is 2. The molecule has 0 spiro atoms. The van der Waals surface area contributed by atoms with E-state index < -0.39 is 5.97 Å². The van der Waals surface area contributed by atoms with Crippen molar-refractivity contribution in [3.8, 4) is 0 Å². The van der Waals surface area contributed by atoms with Gasteiger partial charge in [-0.15, -0.1) is 0 Å². The fraction of sp³-hybridized carbons (Fsp3) is 0.300. The van der Waals surface area contributed by atoms with Crippen LogP contribution in [0.1, 0.15) is 45.6 Å². The van der Waals surface area contributed by atoms with Gasteiger partial charge in [-0.3, -0.25) is 4.79 Å². The molecule has 0 bridgehead atoms. The molecule has 2 aromatic carbocycles. The van der Waals surface area contributed by atoms with Crippen LogP contribution in [-0.4, -0.2) is 18.5 Å². The molecule has 4 heteroatoms. The van der Waals surface area contributed by atoms with E-state index in [1.54, 1.807) is 12.1 Å². The number of hydrogen-bond acceptors (Lipinski definition) is 3. The molecule has 0 saturated heterocycles. The summed E-state index contributed by atoms with van der Waals surface area (Å²) >= 11 is 0. The first-order valence-corrected chi connectivity index (χ1v) is 7.97. The van der Waals surface area contributed by atoms with E-state index >= 15 is 0 Å². The van der Waals surface area contributed by atoms with Crippen molar-refractivity contribution >= 4 is 11.9 Å². The van der Waals surface area contributed by atoms with Gasteiger partial charge in [0, 0.05) is 0 Å². The third kappa shape index (κ3) is 4.69. The lowest BCUT2D eigenvalue weighted by Crippen LogP contribution is -2.31. The fourth-order valence-electron chi connectivity index (χ4n) is 2.30. The fourth-order valence-corrected chi connectivity index (χ4v) is 2.30. The smallest absolute Gasteiger partial charge is 0.338 e. The molecule has 0 aliphatic carbocycles. The number of ether oxygens (including phenoxy) is 1. The largest absolute Gasteiger partial charge is 0.452 e. The predicted molar refractivity (Wildman–Crippen MR) is 93.9 cm³/mol. The van der Waals surface area contributed by atoms with Gasteiger partial charge in [0.1, 0.15) is 0 Å². The Hall–Kier alpha value is -2.62. The van der Waals surface area contributed by atoms with E-state index in [-0.39, 0.29) is 18.6 Å². The summed E-state index contributed by atoms with van der Waals surface area (Å²) in [5, 5.41) is 2.83. The maximum atomic E-state index is 12.0. The van der Waals surface area contributed by atoms with Crippen LogP contribution in [0.25, 0.3) is 0 Å². The van der Waals surface area contributed by atoms with E-state index in [2.05, 4.69) is 5.32 Å². The maximum absolute atomic E-state index is 12.0. The third-order valence-corrected chi connectivity index (χ3v) is 4.03. The highest BCUT2D eigenvalue weighted by atomic mass is 16.5. The van der Waals surface area contributed by atoms with E-state index in [9.17, 15) is 9.59 Å². The van der Waals surface area contributed by atoms with Gasteiger partial charge in [0.15, 0.2) is 6.61 Å². The molecule has 0 fully saturated rings. The average molecular weight is 325 g/mol. The summed E-state index contributed by atoms with van der Waals surface area (Å²) in [6.07, 6.45) is 0. The van der Waals surface area contributed by atoms with Crippen LogP contribution in [0.2, 0.25) is 0 Å². The molecular weight excluding hydrogens is 302 g/mol. The Labute approximate surface area is 142 Å². The van der Waals surface area contributed by atoms with Crippen LogP contribution in [0.4, 0.5) is 0 Å². The second-order valence-electron chi connectivity index (χ2n) is 6.08. The normalized spacial score (nSPS) is 11.7. The summed E-state index contributed by atoms with van der Waals surface area (Å²) < 4.78 is 5.09. The molecule has 1 N–H and O–H groups in total. The number of nitrogens with one attached hydrogen (secondary N) is 1. The zero-order chi connectivity index (χ0) is 17.7. The lowest BCUT2D eigenvalue weighted by Gasteiger charge is -2.14. The second kappa shape index (κ2) is 7.77. The van der Waals surface area contributed by atoms with E-state index in [4.69, 9.17) is 4.74 Å². The van der Waals surface area contributed by atoms with Crippen molar-refractivity contribution in [1.29, 1.82) is 0 Å². The number of aryl methyl sites for hydroxylation is 3. The zero-order valence-electron chi connectivity index (χ0n) is 14.6. The molecule has 0 aromatic heterocycles. The molecule has 0 unspecified atom stereocenters. The summed E-state index contributed by atoms with van der Waals surface area (Å²) in [6.45, 7) is 7.53. The van der Waals surface area contributed by atoms with Gasteiger partial charge in [-0.2, -0.15) is 0 Å². The van der Waals surface area contributed by atoms with E-state index in [0.717, 1.165) is 16.7 Å². The van der Waals surface area contributed by atoms with Gasteiger partial charge >= 0.3 is 5.97 Å². The van der Waals surface area contributed by atoms with Crippen molar-refractivity contribution in [3.63, 3.8) is 0 Å². The van der Waals surface area contributed by atoms with E-state index in [0.29, 0.717) is 5.56 Å². The Kier molecular flexibility index (Phi) is 5.74. The first-order chi connectivity index (χ1) is 11.4. The van der Waals surface area contributed by atoms with Gasteiger partial charge in [-0.1, -0.05) is 35.9 Å². The molecule has 0 heterocycles. The summed E-state index contributed by atoms with van der Waals surface area (Å²) in [4.78, 5) is 24.0. The number of rotatable bonds is 5. The number of esters is 1. The monoisotopic (exact) mass is 325 g/mol.